The largest absolute Gasteiger partial charge is 0.329 e. The summed E-state index contributed by atoms with van der Waals surface area (Å²) in [7, 11) is 2.13. The van der Waals surface area contributed by atoms with Gasteiger partial charge in [-0.05, 0) is 31.0 Å². The number of pyridine rings is 1. The summed E-state index contributed by atoms with van der Waals surface area (Å²) < 4.78 is 0. The molecule has 96 valence electrons. The van der Waals surface area contributed by atoms with E-state index in [0.29, 0.717) is 6.54 Å². The van der Waals surface area contributed by atoms with Gasteiger partial charge in [0.25, 0.3) is 0 Å². The third-order valence-corrected chi connectivity index (χ3v) is 3.39. The first-order valence-corrected chi connectivity index (χ1v) is 6.51. The smallest absolute Gasteiger partial charge is 0.0488 e. The summed E-state index contributed by atoms with van der Waals surface area (Å²) in [5, 5.41) is 2.43. The Morgan fingerprint density at radius 2 is 2.06 bits per heavy atom. The molecule has 2 rings (SSSR count). The van der Waals surface area contributed by atoms with Crippen molar-refractivity contribution in [3.8, 4) is 0 Å². The van der Waals surface area contributed by atoms with Crippen LogP contribution in [-0.4, -0.2) is 30.0 Å². The monoisotopic (exact) mass is 243 g/mol. The van der Waals surface area contributed by atoms with Gasteiger partial charge in [-0.2, -0.15) is 0 Å². The van der Waals surface area contributed by atoms with Gasteiger partial charge in [-0.1, -0.05) is 31.2 Å². The van der Waals surface area contributed by atoms with Crippen LogP contribution in [0.15, 0.2) is 36.7 Å². The van der Waals surface area contributed by atoms with Crippen LogP contribution in [0.5, 0.6) is 0 Å². The van der Waals surface area contributed by atoms with E-state index in [1.54, 1.807) is 0 Å². The van der Waals surface area contributed by atoms with E-state index in [-0.39, 0.29) is 6.04 Å². The molecule has 2 N–H and O–H groups in total. The second-order valence-corrected chi connectivity index (χ2v) is 4.68. The van der Waals surface area contributed by atoms with Crippen LogP contribution >= 0.6 is 0 Å². The first kappa shape index (κ1) is 13.0. The molecule has 0 radical (unpaired) electrons. The van der Waals surface area contributed by atoms with Gasteiger partial charge >= 0.3 is 0 Å². The summed E-state index contributed by atoms with van der Waals surface area (Å²) in [4.78, 5) is 6.65. The van der Waals surface area contributed by atoms with E-state index in [1.807, 2.05) is 18.5 Å². The molecule has 1 heterocycles. The Hall–Kier alpha value is -1.45. The highest BCUT2D eigenvalue weighted by atomic mass is 15.1. The molecule has 1 atom stereocenters. The van der Waals surface area contributed by atoms with E-state index in [0.717, 1.165) is 13.0 Å². The SMILES string of the molecule is CCCN(C)C(CN)c1cncc2ccccc12. The van der Waals surface area contributed by atoms with Crippen molar-refractivity contribution in [3.63, 3.8) is 0 Å². The van der Waals surface area contributed by atoms with Crippen molar-refractivity contribution in [1.82, 2.24) is 9.88 Å². The number of benzene rings is 1. The van der Waals surface area contributed by atoms with Crippen LogP contribution in [0.3, 0.4) is 0 Å². The highest BCUT2D eigenvalue weighted by molar-refractivity contribution is 5.85. The number of nitrogens with zero attached hydrogens (tertiary/aromatic N) is 2. The summed E-state index contributed by atoms with van der Waals surface area (Å²) in [6, 6.07) is 8.59. The van der Waals surface area contributed by atoms with Crippen LogP contribution in [0, 0.1) is 0 Å². The van der Waals surface area contributed by atoms with Crippen LogP contribution < -0.4 is 5.73 Å². The Morgan fingerprint density at radius 1 is 1.28 bits per heavy atom. The molecular formula is C15H21N3. The standard InChI is InChI=1S/C15H21N3/c1-3-8-18(2)15(9-16)14-11-17-10-12-6-4-5-7-13(12)14/h4-7,10-11,15H,3,8-9,16H2,1-2H3. The lowest BCUT2D eigenvalue weighted by Crippen LogP contribution is -2.31. The molecule has 3 heteroatoms. The second-order valence-electron chi connectivity index (χ2n) is 4.68. The van der Waals surface area contributed by atoms with Crippen LogP contribution in [0.2, 0.25) is 0 Å². The van der Waals surface area contributed by atoms with Crippen LogP contribution in [-0.2, 0) is 0 Å². The topological polar surface area (TPSA) is 42.1 Å². The Balaban J connectivity index is 2.44. The Bertz CT molecular complexity index is 505. The molecule has 0 aliphatic rings. The van der Waals surface area contributed by atoms with E-state index in [1.165, 1.54) is 16.3 Å². The minimum absolute atomic E-state index is 0.239. The first-order chi connectivity index (χ1) is 8.77. The molecule has 1 aromatic carbocycles. The highest BCUT2D eigenvalue weighted by Gasteiger charge is 2.17. The zero-order chi connectivity index (χ0) is 13.0. The van der Waals surface area contributed by atoms with Crippen molar-refractivity contribution in [3.05, 3.63) is 42.2 Å². The Kier molecular flexibility index (Phi) is 4.28. The third kappa shape index (κ3) is 2.52. The predicted octanol–water partition coefficient (Wildman–Crippen LogP) is 2.58. The van der Waals surface area contributed by atoms with E-state index >= 15 is 0 Å². The number of hydrogen-bond acceptors (Lipinski definition) is 3. The fourth-order valence-electron chi connectivity index (χ4n) is 2.46. The molecule has 1 unspecified atom stereocenters. The molecule has 3 nitrogen and oxygen atoms in total. The molecule has 18 heavy (non-hydrogen) atoms. The van der Waals surface area contributed by atoms with Gasteiger partial charge in [0, 0.05) is 30.4 Å². The van der Waals surface area contributed by atoms with E-state index < -0.39 is 0 Å². The minimum Gasteiger partial charge on any atom is -0.329 e. The fourth-order valence-corrected chi connectivity index (χ4v) is 2.46. The molecule has 0 saturated heterocycles. The maximum Gasteiger partial charge on any atom is 0.0488 e. The number of aromatic nitrogens is 1. The lowest BCUT2D eigenvalue weighted by molar-refractivity contribution is 0.252. The van der Waals surface area contributed by atoms with Gasteiger partial charge in [0.2, 0.25) is 0 Å². The van der Waals surface area contributed by atoms with Gasteiger partial charge in [0.1, 0.15) is 0 Å². The molecule has 0 bridgehead atoms. The van der Waals surface area contributed by atoms with E-state index in [4.69, 9.17) is 5.73 Å². The molecular weight excluding hydrogens is 222 g/mol. The van der Waals surface area contributed by atoms with Gasteiger partial charge < -0.3 is 5.73 Å². The van der Waals surface area contributed by atoms with Crippen molar-refractivity contribution in [2.24, 2.45) is 5.73 Å². The second kappa shape index (κ2) is 5.94. The van der Waals surface area contributed by atoms with Crippen molar-refractivity contribution >= 4 is 10.8 Å². The molecule has 0 saturated carbocycles. The maximum absolute atomic E-state index is 5.96. The van der Waals surface area contributed by atoms with E-state index in [2.05, 4.69) is 42.1 Å². The van der Waals surface area contributed by atoms with Crippen molar-refractivity contribution in [2.45, 2.75) is 19.4 Å². The molecule has 0 aliphatic carbocycles. The Morgan fingerprint density at radius 3 is 2.78 bits per heavy atom. The maximum atomic E-state index is 5.96. The van der Waals surface area contributed by atoms with Crippen LogP contribution in [0.25, 0.3) is 10.8 Å². The van der Waals surface area contributed by atoms with Gasteiger partial charge in [0.05, 0.1) is 0 Å². The molecule has 1 aromatic heterocycles. The van der Waals surface area contributed by atoms with E-state index in [9.17, 15) is 0 Å². The van der Waals surface area contributed by atoms with Crippen molar-refractivity contribution in [1.29, 1.82) is 0 Å². The number of rotatable bonds is 5. The van der Waals surface area contributed by atoms with Gasteiger partial charge in [-0.25, -0.2) is 0 Å². The zero-order valence-corrected chi connectivity index (χ0v) is 11.1. The van der Waals surface area contributed by atoms with Crippen LogP contribution in [0.4, 0.5) is 0 Å². The van der Waals surface area contributed by atoms with Gasteiger partial charge in [-0.3, -0.25) is 9.88 Å². The Labute approximate surface area is 109 Å². The molecule has 2 aromatic rings. The third-order valence-electron chi connectivity index (χ3n) is 3.39. The lowest BCUT2D eigenvalue weighted by atomic mass is 10.0. The number of hydrogen-bond donors (Lipinski definition) is 1. The lowest BCUT2D eigenvalue weighted by Gasteiger charge is -2.27. The minimum atomic E-state index is 0.239. The van der Waals surface area contributed by atoms with Gasteiger partial charge in [0.15, 0.2) is 0 Å². The van der Waals surface area contributed by atoms with Gasteiger partial charge in [-0.15, -0.1) is 0 Å². The molecule has 0 fully saturated rings. The van der Waals surface area contributed by atoms with Crippen molar-refractivity contribution in [2.75, 3.05) is 20.1 Å². The highest BCUT2D eigenvalue weighted by Crippen LogP contribution is 2.26. The number of nitrogens with two attached hydrogens (primary N) is 1. The van der Waals surface area contributed by atoms with Crippen LogP contribution in [0.1, 0.15) is 24.9 Å². The summed E-state index contributed by atoms with van der Waals surface area (Å²) >= 11 is 0. The fraction of sp³-hybridized carbons (Fsp3) is 0.400. The predicted molar refractivity (Wildman–Crippen MR) is 76.5 cm³/mol. The van der Waals surface area contributed by atoms with Crippen molar-refractivity contribution < 1.29 is 0 Å². The summed E-state index contributed by atoms with van der Waals surface area (Å²) in [6.07, 6.45) is 4.99. The summed E-state index contributed by atoms with van der Waals surface area (Å²) in [5.41, 5.74) is 7.19. The first-order valence-electron chi connectivity index (χ1n) is 6.51. The average Bonchev–Trinajstić information content (AvgIpc) is 2.40. The molecule has 0 spiro atoms. The molecule has 0 aliphatic heterocycles. The average molecular weight is 243 g/mol. The summed E-state index contributed by atoms with van der Waals surface area (Å²) in [6.45, 7) is 3.85. The molecule has 0 amide bonds. The number of fused-ring (bicyclic) bond motifs is 1. The normalized spacial score (nSPS) is 13.1. The number of likely N-dealkylation sites (N-methyl/N-ethyl adjacent to an activating group) is 1. The zero-order valence-electron chi connectivity index (χ0n) is 11.1. The summed E-state index contributed by atoms with van der Waals surface area (Å²) in [5.74, 6) is 0. The quantitative estimate of drug-likeness (QED) is 0.877.